The molecule has 120 valence electrons. The van der Waals surface area contributed by atoms with Gasteiger partial charge in [0.05, 0.1) is 16.5 Å². The molecular weight excluding hydrogens is 298 g/mol. The Morgan fingerprint density at radius 3 is 2.30 bits per heavy atom. The second-order valence-electron chi connectivity index (χ2n) is 5.71. The van der Waals surface area contributed by atoms with Crippen molar-refractivity contribution in [2.45, 2.75) is 19.3 Å². The molecule has 0 aromatic heterocycles. The van der Waals surface area contributed by atoms with Gasteiger partial charge in [0.2, 0.25) is 0 Å². The molecule has 23 heavy (non-hydrogen) atoms. The van der Waals surface area contributed by atoms with E-state index in [9.17, 15) is 14.4 Å². The Morgan fingerprint density at radius 2 is 1.78 bits per heavy atom. The Balaban J connectivity index is 1.81. The summed E-state index contributed by atoms with van der Waals surface area (Å²) >= 11 is 0. The number of benzene rings is 1. The van der Waals surface area contributed by atoms with Crippen LogP contribution < -0.4 is 0 Å². The maximum absolute atomic E-state index is 12.6. The number of amides is 2. The van der Waals surface area contributed by atoms with E-state index in [1.54, 1.807) is 18.2 Å². The van der Waals surface area contributed by atoms with Crippen molar-refractivity contribution in [3.8, 4) is 0 Å². The third-order valence-electron chi connectivity index (χ3n) is 4.35. The fourth-order valence-electron chi connectivity index (χ4n) is 2.96. The lowest BCUT2D eigenvalue weighted by molar-refractivity contribution is -0.186. The minimum Gasteiger partial charge on any atom is -0.381 e. The average Bonchev–Trinajstić information content (AvgIpc) is 2.81. The third-order valence-corrected chi connectivity index (χ3v) is 4.35. The van der Waals surface area contributed by atoms with Gasteiger partial charge in [-0.1, -0.05) is 23.3 Å². The van der Waals surface area contributed by atoms with E-state index in [1.165, 1.54) is 12.1 Å². The summed E-state index contributed by atoms with van der Waals surface area (Å²) in [5, 5.41) is 0.563. The first kappa shape index (κ1) is 15.4. The van der Waals surface area contributed by atoms with Gasteiger partial charge in [-0.3, -0.25) is 9.59 Å². The topological polar surface area (TPSA) is 72.9 Å². The van der Waals surface area contributed by atoms with Gasteiger partial charge >= 0.3 is 5.97 Å². The van der Waals surface area contributed by atoms with E-state index in [2.05, 4.69) is 6.58 Å². The minimum atomic E-state index is -0.796. The van der Waals surface area contributed by atoms with E-state index in [1.807, 2.05) is 0 Å². The van der Waals surface area contributed by atoms with Crippen LogP contribution in [0.4, 0.5) is 0 Å². The summed E-state index contributed by atoms with van der Waals surface area (Å²) in [5.41, 5.74) is -0.305. The van der Waals surface area contributed by atoms with Crippen LogP contribution in [0.3, 0.4) is 0 Å². The molecule has 6 heteroatoms. The van der Waals surface area contributed by atoms with Crippen molar-refractivity contribution >= 4 is 17.8 Å². The van der Waals surface area contributed by atoms with Crippen molar-refractivity contribution in [2.75, 3.05) is 13.2 Å². The zero-order chi connectivity index (χ0) is 16.4. The number of hydroxylamine groups is 2. The first-order valence-electron chi connectivity index (χ1n) is 7.48. The largest absolute Gasteiger partial charge is 0.381 e. The lowest BCUT2D eigenvalue weighted by Crippen LogP contribution is -2.43. The molecule has 0 spiro atoms. The van der Waals surface area contributed by atoms with Crippen molar-refractivity contribution in [3.63, 3.8) is 0 Å². The van der Waals surface area contributed by atoms with Crippen LogP contribution in [0.2, 0.25) is 0 Å². The first-order valence-corrected chi connectivity index (χ1v) is 7.48. The summed E-state index contributed by atoms with van der Waals surface area (Å²) in [6.07, 6.45) is 3.01. The molecule has 2 aliphatic heterocycles. The normalized spacial score (nSPS) is 19.4. The van der Waals surface area contributed by atoms with E-state index in [0.29, 0.717) is 37.5 Å². The number of ether oxygens (including phenoxy) is 1. The fourth-order valence-corrected chi connectivity index (χ4v) is 2.96. The zero-order valence-corrected chi connectivity index (χ0v) is 12.6. The number of carbonyl (C=O) groups excluding carboxylic acids is 3. The number of rotatable bonds is 4. The number of hydrogen-bond donors (Lipinski definition) is 0. The quantitative estimate of drug-likeness (QED) is 0.628. The van der Waals surface area contributed by atoms with Gasteiger partial charge in [0, 0.05) is 13.2 Å². The summed E-state index contributed by atoms with van der Waals surface area (Å²) in [5.74, 6) is -1.81. The highest BCUT2D eigenvalue weighted by Crippen LogP contribution is 2.37. The molecule has 0 unspecified atom stereocenters. The van der Waals surface area contributed by atoms with Gasteiger partial charge in [0.25, 0.3) is 11.8 Å². The molecule has 1 aromatic rings. The molecule has 3 rings (SSSR count). The Hall–Kier alpha value is -2.47. The second-order valence-corrected chi connectivity index (χ2v) is 5.71. The summed E-state index contributed by atoms with van der Waals surface area (Å²) in [6.45, 7) is 4.55. The average molecular weight is 315 g/mol. The van der Waals surface area contributed by atoms with Gasteiger partial charge in [0.15, 0.2) is 0 Å². The van der Waals surface area contributed by atoms with Crippen molar-refractivity contribution in [1.82, 2.24) is 5.06 Å². The maximum atomic E-state index is 12.6. The molecule has 1 aromatic carbocycles. The van der Waals surface area contributed by atoms with Gasteiger partial charge in [-0.2, -0.15) is 0 Å². The highest BCUT2D eigenvalue weighted by Gasteiger charge is 2.45. The molecule has 0 aliphatic carbocycles. The lowest BCUT2D eigenvalue weighted by atomic mass is 9.77. The summed E-state index contributed by atoms with van der Waals surface area (Å²) in [4.78, 5) is 42.4. The molecule has 0 radical (unpaired) electrons. The van der Waals surface area contributed by atoms with Crippen LogP contribution >= 0.6 is 0 Å². The van der Waals surface area contributed by atoms with Crippen molar-refractivity contribution in [3.05, 3.63) is 48.0 Å². The number of fused-ring (bicyclic) bond motifs is 1. The standard InChI is InChI=1S/C17H17NO5/c1-2-7-17(8-10-22-11-9-17)16(21)23-18-14(19)12-5-3-4-6-13(12)15(18)20/h2-6H,1,7-11H2. The van der Waals surface area contributed by atoms with Crippen LogP contribution in [-0.2, 0) is 14.4 Å². The van der Waals surface area contributed by atoms with Crippen molar-refractivity contribution < 1.29 is 24.0 Å². The van der Waals surface area contributed by atoms with Crippen LogP contribution in [0.15, 0.2) is 36.9 Å². The van der Waals surface area contributed by atoms with E-state index < -0.39 is 23.2 Å². The zero-order valence-electron chi connectivity index (χ0n) is 12.6. The molecule has 0 bridgehead atoms. The minimum absolute atomic E-state index is 0.245. The summed E-state index contributed by atoms with van der Waals surface area (Å²) in [7, 11) is 0. The molecule has 6 nitrogen and oxygen atoms in total. The van der Waals surface area contributed by atoms with E-state index in [0.717, 1.165) is 0 Å². The Labute approximate surface area is 133 Å². The van der Waals surface area contributed by atoms with Crippen LogP contribution in [0.5, 0.6) is 0 Å². The van der Waals surface area contributed by atoms with E-state index in [-0.39, 0.29) is 11.1 Å². The van der Waals surface area contributed by atoms with E-state index in [4.69, 9.17) is 9.57 Å². The van der Waals surface area contributed by atoms with Gasteiger partial charge in [-0.05, 0) is 31.4 Å². The summed E-state index contributed by atoms with van der Waals surface area (Å²) < 4.78 is 5.29. The van der Waals surface area contributed by atoms with Gasteiger partial charge < -0.3 is 9.57 Å². The lowest BCUT2D eigenvalue weighted by Gasteiger charge is -2.34. The smallest absolute Gasteiger partial charge is 0.339 e. The number of carbonyl (C=O) groups is 3. The molecule has 0 saturated carbocycles. The molecule has 1 fully saturated rings. The molecule has 2 aliphatic rings. The van der Waals surface area contributed by atoms with Gasteiger partial charge in [-0.15, -0.1) is 6.58 Å². The van der Waals surface area contributed by atoms with Gasteiger partial charge in [0.1, 0.15) is 0 Å². The maximum Gasteiger partial charge on any atom is 0.339 e. The first-order chi connectivity index (χ1) is 11.1. The van der Waals surface area contributed by atoms with E-state index >= 15 is 0 Å². The predicted molar refractivity (Wildman–Crippen MR) is 80.3 cm³/mol. The number of nitrogens with zero attached hydrogens (tertiary/aromatic N) is 1. The second kappa shape index (κ2) is 5.96. The third kappa shape index (κ3) is 2.55. The van der Waals surface area contributed by atoms with Crippen LogP contribution in [0, 0.1) is 5.41 Å². The molecule has 0 atom stereocenters. The van der Waals surface area contributed by atoms with Crippen molar-refractivity contribution in [2.24, 2.45) is 5.41 Å². The van der Waals surface area contributed by atoms with Crippen LogP contribution in [0.25, 0.3) is 0 Å². The molecule has 0 N–H and O–H groups in total. The number of hydrogen-bond acceptors (Lipinski definition) is 5. The Bertz CT molecular complexity index is 640. The SMILES string of the molecule is C=CCC1(C(=O)ON2C(=O)c3ccccc3C2=O)CCOCC1. The Kier molecular flexibility index (Phi) is 4.00. The summed E-state index contributed by atoms with van der Waals surface area (Å²) in [6, 6.07) is 6.40. The molecule has 1 saturated heterocycles. The molecular formula is C17H17NO5. The molecule has 2 amide bonds. The van der Waals surface area contributed by atoms with Crippen LogP contribution in [-0.4, -0.2) is 36.1 Å². The van der Waals surface area contributed by atoms with Crippen molar-refractivity contribution in [1.29, 1.82) is 0 Å². The van der Waals surface area contributed by atoms with Crippen LogP contribution in [0.1, 0.15) is 40.0 Å². The monoisotopic (exact) mass is 315 g/mol. The predicted octanol–water partition coefficient (Wildman–Crippen LogP) is 2.11. The Morgan fingerprint density at radius 1 is 1.22 bits per heavy atom. The highest BCUT2D eigenvalue weighted by atomic mass is 16.7. The molecule has 2 heterocycles. The highest BCUT2D eigenvalue weighted by molar-refractivity contribution is 6.20. The van der Waals surface area contributed by atoms with Gasteiger partial charge in [-0.25, -0.2) is 4.79 Å². The number of allylic oxidation sites excluding steroid dienone is 1. The number of imide groups is 1. The fraction of sp³-hybridized carbons (Fsp3) is 0.353.